The second-order valence-electron chi connectivity index (χ2n) is 6.03. The van der Waals surface area contributed by atoms with Crippen LogP contribution in [-0.2, 0) is 14.8 Å². The number of hydrogen-bond acceptors (Lipinski definition) is 4. The zero-order valence-electron chi connectivity index (χ0n) is 13.8. The van der Waals surface area contributed by atoms with Crippen LogP contribution < -0.4 is 5.32 Å². The first-order valence-electron chi connectivity index (χ1n) is 7.71. The van der Waals surface area contributed by atoms with Gasteiger partial charge in [-0.2, -0.15) is 0 Å². The molecule has 0 saturated carbocycles. The molecule has 0 aliphatic carbocycles. The van der Waals surface area contributed by atoms with Gasteiger partial charge in [0.2, 0.25) is 10.0 Å². The highest BCUT2D eigenvalue weighted by atomic mass is 32.2. The van der Waals surface area contributed by atoms with Crippen molar-refractivity contribution in [2.24, 2.45) is 5.92 Å². The summed E-state index contributed by atoms with van der Waals surface area (Å²) < 4.78 is 31.1. The van der Waals surface area contributed by atoms with E-state index < -0.39 is 10.0 Å². The van der Waals surface area contributed by atoms with Crippen LogP contribution in [0, 0.1) is 12.8 Å². The minimum atomic E-state index is -3.56. The smallest absolute Gasteiger partial charge is 0.251 e. The first-order chi connectivity index (χ1) is 10.8. The van der Waals surface area contributed by atoms with Gasteiger partial charge in [-0.3, -0.25) is 4.79 Å². The van der Waals surface area contributed by atoms with Crippen molar-refractivity contribution in [1.29, 1.82) is 0 Å². The van der Waals surface area contributed by atoms with Crippen molar-refractivity contribution in [3.05, 3.63) is 29.3 Å². The monoisotopic (exact) mass is 340 g/mol. The number of amides is 1. The lowest BCUT2D eigenvalue weighted by Gasteiger charge is -2.22. The number of ether oxygens (including phenoxy) is 1. The van der Waals surface area contributed by atoms with Gasteiger partial charge in [-0.25, -0.2) is 12.7 Å². The second-order valence-corrected chi connectivity index (χ2v) is 8.15. The van der Waals surface area contributed by atoms with E-state index in [-0.39, 0.29) is 10.8 Å². The third-order valence-corrected chi connectivity index (χ3v) is 6.06. The summed E-state index contributed by atoms with van der Waals surface area (Å²) in [5, 5.41) is 2.89. The van der Waals surface area contributed by atoms with Crippen molar-refractivity contribution < 1.29 is 17.9 Å². The third-order valence-electron chi connectivity index (χ3n) is 4.10. The van der Waals surface area contributed by atoms with Crippen molar-refractivity contribution in [3.63, 3.8) is 0 Å². The summed E-state index contributed by atoms with van der Waals surface area (Å²) >= 11 is 0. The molecule has 0 spiro atoms. The number of hydrogen-bond donors (Lipinski definition) is 1. The average molecular weight is 340 g/mol. The lowest BCUT2D eigenvalue weighted by atomic mass is 10.0. The molecular weight excluding hydrogens is 316 g/mol. The van der Waals surface area contributed by atoms with Crippen LogP contribution in [0.5, 0.6) is 0 Å². The molecule has 1 aliphatic rings. The summed E-state index contributed by atoms with van der Waals surface area (Å²) in [5.41, 5.74) is 0.989. The Bertz CT molecular complexity index is 665. The normalized spacial score (nSPS) is 16.5. The molecule has 1 heterocycles. The molecular formula is C16H24N2O4S. The van der Waals surface area contributed by atoms with E-state index in [1.54, 1.807) is 19.1 Å². The Hall–Kier alpha value is -1.44. The first kappa shape index (κ1) is 17.9. The van der Waals surface area contributed by atoms with Crippen molar-refractivity contribution in [3.8, 4) is 0 Å². The van der Waals surface area contributed by atoms with E-state index in [1.807, 2.05) is 0 Å². The molecule has 1 amide bonds. The fourth-order valence-electron chi connectivity index (χ4n) is 2.51. The van der Waals surface area contributed by atoms with E-state index in [2.05, 4.69) is 5.32 Å². The third kappa shape index (κ3) is 4.31. The van der Waals surface area contributed by atoms with Gasteiger partial charge in [0.25, 0.3) is 5.91 Å². The summed E-state index contributed by atoms with van der Waals surface area (Å²) in [7, 11) is -0.605. The zero-order chi connectivity index (χ0) is 17.0. The molecule has 0 aromatic heterocycles. The standard InChI is InChI=1S/C16H24N2O4S/c1-12-4-5-14(10-15(12)23(20,21)18(2)3)16(19)17-11-13-6-8-22-9-7-13/h4-5,10,13H,6-9,11H2,1-3H3,(H,17,19). The molecule has 0 radical (unpaired) electrons. The van der Waals surface area contributed by atoms with E-state index in [4.69, 9.17) is 4.74 Å². The topological polar surface area (TPSA) is 75.7 Å². The number of benzene rings is 1. The van der Waals surface area contributed by atoms with Crippen molar-refractivity contribution in [1.82, 2.24) is 9.62 Å². The van der Waals surface area contributed by atoms with Gasteiger partial charge in [-0.15, -0.1) is 0 Å². The number of carbonyl (C=O) groups excluding carboxylic acids is 1. The number of nitrogens with zero attached hydrogens (tertiary/aromatic N) is 1. The Morgan fingerprint density at radius 3 is 2.57 bits per heavy atom. The van der Waals surface area contributed by atoms with Crippen LogP contribution in [0.3, 0.4) is 0 Å². The molecule has 7 heteroatoms. The van der Waals surface area contributed by atoms with Crippen LogP contribution >= 0.6 is 0 Å². The summed E-state index contributed by atoms with van der Waals surface area (Å²) in [6.07, 6.45) is 1.88. The van der Waals surface area contributed by atoms with Gasteiger partial charge in [0.15, 0.2) is 0 Å². The van der Waals surface area contributed by atoms with E-state index in [9.17, 15) is 13.2 Å². The minimum Gasteiger partial charge on any atom is -0.381 e. The summed E-state index contributed by atoms with van der Waals surface area (Å²) in [4.78, 5) is 12.5. The van der Waals surface area contributed by atoms with E-state index in [1.165, 1.54) is 20.2 Å². The highest BCUT2D eigenvalue weighted by Crippen LogP contribution is 2.20. The van der Waals surface area contributed by atoms with Gasteiger partial charge in [0, 0.05) is 39.4 Å². The number of carbonyl (C=O) groups is 1. The number of aryl methyl sites for hydroxylation is 1. The molecule has 1 N–H and O–H groups in total. The molecule has 1 aromatic rings. The van der Waals surface area contributed by atoms with Gasteiger partial charge in [-0.05, 0) is 43.4 Å². The fourth-order valence-corrected chi connectivity index (χ4v) is 3.65. The molecule has 6 nitrogen and oxygen atoms in total. The summed E-state index contributed by atoms with van der Waals surface area (Å²) in [6.45, 7) is 3.78. The van der Waals surface area contributed by atoms with Crippen LogP contribution in [0.1, 0.15) is 28.8 Å². The first-order valence-corrected chi connectivity index (χ1v) is 9.15. The predicted molar refractivity (Wildman–Crippen MR) is 87.9 cm³/mol. The maximum atomic E-state index is 12.3. The van der Waals surface area contributed by atoms with Crippen LogP contribution in [0.25, 0.3) is 0 Å². The largest absolute Gasteiger partial charge is 0.381 e. The van der Waals surface area contributed by atoms with E-state index >= 15 is 0 Å². The Kier molecular flexibility index (Phi) is 5.78. The molecule has 1 aliphatic heterocycles. The molecule has 0 atom stereocenters. The Balaban J connectivity index is 2.12. The highest BCUT2D eigenvalue weighted by molar-refractivity contribution is 7.89. The second kappa shape index (κ2) is 7.42. The van der Waals surface area contributed by atoms with Gasteiger partial charge >= 0.3 is 0 Å². The van der Waals surface area contributed by atoms with Gasteiger partial charge in [0.1, 0.15) is 0 Å². The molecule has 1 fully saturated rings. The molecule has 0 bridgehead atoms. The van der Waals surface area contributed by atoms with Gasteiger partial charge < -0.3 is 10.1 Å². The van der Waals surface area contributed by atoms with Crippen molar-refractivity contribution >= 4 is 15.9 Å². The summed E-state index contributed by atoms with van der Waals surface area (Å²) in [6, 6.07) is 4.77. The van der Waals surface area contributed by atoms with Crippen LogP contribution in [0.15, 0.2) is 23.1 Å². The number of sulfonamides is 1. The maximum absolute atomic E-state index is 12.3. The van der Waals surface area contributed by atoms with Crippen LogP contribution in [0.2, 0.25) is 0 Å². The van der Waals surface area contributed by atoms with Crippen molar-refractivity contribution in [2.75, 3.05) is 33.9 Å². The number of nitrogens with one attached hydrogen (secondary N) is 1. The van der Waals surface area contributed by atoms with E-state index in [0.29, 0.717) is 23.6 Å². The summed E-state index contributed by atoms with van der Waals surface area (Å²) in [5.74, 6) is 0.176. The average Bonchev–Trinajstić information content (AvgIpc) is 2.53. The zero-order valence-corrected chi connectivity index (χ0v) is 14.6. The molecule has 2 rings (SSSR count). The predicted octanol–water partition coefficient (Wildman–Crippen LogP) is 1.40. The van der Waals surface area contributed by atoms with Crippen molar-refractivity contribution in [2.45, 2.75) is 24.7 Å². The molecule has 1 aromatic carbocycles. The van der Waals surface area contributed by atoms with Crippen LogP contribution in [0.4, 0.5) is 0 Å². The quantitative estimate of drug-likeness (QED) is 0.879. The lowest BCUT2D eigenvalue weighted by molar-refractivity contribution is 0.0642. The van der Waals surface area contributed by atoms with Crippen LogP contribution in [-0.4, -0.2) is 52.5 Å². The minimum absolute atomic E-state index is 0.168. The molecule has 1 saturated heterocycles. The SMILES string of the molecule is Cc1ccc(C(=O)NCC2CCOCC2)cc1S(=O)(=O)N(C)C. The number of rotatable bonds is 5. The van der Waals surface area contributed by atoms with E-state index in [0.717, 1.165) is 30.4 Å². The fraction of sp³-hybridized carbons (Fsp3) is 0.562. The Morgan fingerprint density at radius 2 is 1.96 bits per heavy atom. The maximum Gasteiger partial charge on any atom is 0.251 e. The Morgan fingerprint density at radius 1 is 1.30 bits per heavy atom. The molecule has 23 heavy (non-hydrogen) atoms. The lowest BCUT2D eigenvalue weighted by Crippen LogP contribution is -2.32. The van der Waals surface area contributed by atoms with Gasteiger partial charge in [0.05, 0.1) is 4.90 Å². The Labute approximate surface area is 137 Å². The van der Waals surface area contributed by atoms with Gasteiger partial charge in [-0.1, -0.05) is 6.07 Å². The molecule has 0 unspecified atom stereocenters. The molecule has 128 valence electrons. The highest BCUT2D eigenvalue weighted by Gasteiger charge is 2.22.